The lowest BCUT2D eigenvalue weighted by atomic mass is 10.1. The van der Waals surface area contributed by atoms with Crippen molar-refractivity contribution in [2.45, 2.75) is 19.6 Å². The lowest BCUT2D eigenvalue weighted by molar-refractivity contribution is 0.756. The second kappa shape index (κ2) is 3.61. The van der Waals surface area contributed by atoms with Crippen LogP contribution in [-0.4, -0.2) is 14.8 Å². The molecule has 0 fully saturated rings. The van der Waals surface area contributed by atoms with Gasteiger partial charge in [0.1, 0.15) is 6.33 Å². The highest BCUT2D eigenvalue weighted by Crippen LogP contribution is 2.17. The Labute approximate surface area is 92.1 Å². The Balaban J connectivity index is 1.91. The summed E-state index contributed by atoms with van der Waals surface area (Å²) in [7, 11) is 0. The second-order valence-corrected chi connectivity index (χ2v) is 4.00. The first-order valence-corrected chi connectivity index (χ1v) is 5.24. The summed E-state index contributed by atoms with van der Waals surface area (Å²) < 4.78 is 1.56. The summed E-state index contributed by atoms with van der Waals surface area (Å²) in [5.74, 6) is 0. The van der Waals surface area contributed by atoms with Crippen LogP contribution in [0.1, 0.15) is 16.7 Å². The monoisotopic (exact) mass is 216 g/mol. The quantitative estimate of drug-likeness (QED) is 0.755. The van der Waals surface area contributed by atoms with E-state index in [4.69, 9.17) is 0 Å². The molecule has 0 bridgehead atoms. The largest absolute Gasteiger partial charge is 0.343 e. The maximum atomic E-state index is 11.3. The Morgan fingerprint density at radius 3 is 3.00 bits per heavy atom. The van der Waals surface area contributed by atoms with Gasteiger partial charge in [0.2, 0.25) is 0 Å². The average molecular weight is 216 g/mol. The fourth-order valence-corrected chi connectivity index (χ4v) is 2.03. The smallest absolute Gasteiger partial charge is 0.309 e. The van der Waals surface area contributed by atoms with E-state index in [1.807, 2.05) is 0 Å². The van der Waals surface area contributed by atoms with Crippen LogP contribution in [0.2, 0.25) is 0 Å². The van der Waals surface area contributed by atoms with Gasteiger partial charge in [0, 0.05) is 13.1 Å². The zero-order chi connectivity index (χ0) is 11.0. The van der Waals surface area contributed by atoms with Gasteiger partial charge in [-0.2, -0.15) is 5.10 Å². The Bertz CT molecular complexity index is 569. The summed E-state index contributed by atoms with van der Waals surface area (Å²) in [6.45, 7) is 2.44. The molecule has 0 amide bonds. The number of aromatic amines is 1. The van der Waals surface area contributed by atoms with E-state index in [1.165, 1.54) is 17.5 Å². The Morgan fingerprint density at radius 1 is 1.31 bits per heavy atom. The van der Waals surface area contributed by atoms with Gasteiger partial charge in [-0.1, -0.05) is 18.2 Å². The third kappa shape index (κ3) is 1.55. The SMILES string of the molecule is O=c1[nH]ncn1Cc1ccc2c(c1)CNC2. The molecule has 2 N–H and O–H groups in total. The molecule has 0 saturated carbocycles. The Kier molecular flexibility index (Phi) is 2.11. The number of hydrogen-bond donors (Lipinski definition) is 2. The van der Waals surface area contributed by atoms with Gasteiger partial charge in [-0.05, 0) is 16.7 Å². The molecule has 0 saturated heterocycles. The van der Waals surface area contributed by atoms with Gasteiger partial charge in [-0.3, -0.25) is 4.57 Å². The standard InChI is InChI=1S/C11H12N4O/c16-11-14-13-7-15(11)6-8-1-2-9-4-12-5-10(9)3-8/h1-3,7,12H,4-6H2,(H,14,16). The summed E-state index contributed by atoms with van der Waals surface area (Å²) in [5, 5.41) is 9.39. The van der Waals surface area contributed by atoms with Gasteiger partial charge in [-0.15, -0.1) is 0 Å². The predicted octanol–water partition coefficient (Wildman–Crippen LogP) is 0.223. The summed E-state index contributed by atoms with van der Waals surface area (Å²) in [6.07, 6.45) is 1.52. The molecular formula is C11H12N4O. The molecule has 82 valence electrons. The van der Waals surface area contributed by atoms with Crippen LogP contribution in [0.15, 0.2) is 29.3 Å². The van der Waals surface area contributed by atoms with Gasteiger partial charge in [0.25, 0.3) is 0 Å². The molecule has 1 aliphatic heterocycles. The van der Waals surface area contributed by atoms with Crippen LogP contribution < -0.4 is 11.0 Å². The molecule has 16 heavy (non-hydrogen) atoms. The highest BCUT2D eigenvalue weighted by Gasteiger charge is 2.10. The number of rotatable bonds is 2. The first kappa shape index (κ1) is 9.35. The fraction of sp³-hybridized carbons (Fsp3) is 0.273. The summed E-state index contributed by atoms with van der Waals surface area (Å²) in [5.41, 5.74) is 3.64. The van der Waals surface area contributed by atoms with E-state index in [2.05, 4.69) is 33.7 Å². The molecule has 2 heterocycles. The molecule has 0 spiro atoms. The van der Waals surface area contributed by atoms with Crippen molar-refractivity contribution in [1.82, 2.24) is 20.1 Å². The maximum absolute atomic E-state index is 11.3. The highest BCUT2D eigenvalue weighted by molar-refractivity contribution is 5.34. The molecule has 3 rings (SSSR count). The Morgan fingerprint density at radius 2 is 2.19 bits per heavy atom. The lowest BCUT2D eigenvalue weighted by Gasteiger charge is -2.03. The van der Waals surface area contributed by atoms with E-state index in [1.54, 1.807) is 4.57 Å². The van der Waals surface area contributed by atoms with Gasteiger partial charge in [-0.25, -0.2) is 9.89 Å². The van der Waals surface area contributed by atoms with E-state index < -0.39 is 0 Å². The second-order valence-electron chi connectivity index (χ2n) is 4.00. The van der Waals surface area contributed by atoms with Crippen molar-refractivity contribution in [3.8, 4) is 0 Å². The number of hydrogen-bond acceptors (Lipinski definition) is 3. The summed E-state index contributed by atoms with van der Waals surface area (Å²) in [4.78, 5) is 11.3. The van der Waals surface area contributed by atoms with Crippen molar-refractivity contribution >= 4 is 0 Å². The van der Waals surface area contributed by atoms with E-state index >= 15 is 0 Å². The van der Waals surface area contributed by atoms with Gasteiger partial charge in [0.05, 0.1) is 6.54 Å². The van der Waals surface area contributed by atoms with Crippen molar-refractivity contribution in [3.63, 3.8) is 0 Å². The van der Waals surface area contributed by atoms with Crippen LogP contribution in [0.5, 0.6) is 0 Å². The van der Waals surface area contributed by atoms with E-state index in [-0.39, 0.29) is 5.69 Å². The topological polar surface area (TPSA) is 62.7 Å². The molecule has 1 aromatic heterocycles. The Hall–Kier alpha value is -1.88. The van der Waals surface area contributed by atoms with Gasteiger partial charge < -0.3 is 5.32 Å². The van der Waals surface area contributed by atoms with E-state index in [0.717, 1.165) is 18.7 Å². The molecule has 0 radical (unpaired) electrons. The van der Waals surface area contributed by atoms with Gasteiger partial charge in [0.15, 0.2) is 0 Å². The number of nitrogens with one attached hydrogen (secondary N) is 2. The average Bonchev–Trinajstić information content (AvgIpc) is 2.88. The zero-order valence-electron chi connectivity index (χ0n) is 8.73. The van der Waals surface area contributed by atoms with Crippen LogP contribution >= 0.6 is 0 Å². The predicted molar refractivity (Wildman–Crippen MR) is 58.9 cm³/mol. The molecule has 2 aromatic rings. The number of aromatic nitrogens is 3. The molecule has 0 aliphatic carbocycles. The molecule has 0 unspecified atom stereocenters. The molecular weight excluding hydrogens is 204 g/mol. The molecule has 0 atom stereocenters. The minimum atomic E-state index is -0.168. The van der Waals surface area contributed by atoms with Crippen molar-refractivity contribution in [3.05, 3.63) is 51.7 Å². The third-order valence-corrected chi connectivity index (χ3v) is 2.87. The zero-order valence-corrected chi connectivity index (χ0v) is 8.73. The first-order chi connectivity index (χ1) is 7.83. The minimum absolute atomic E-state index is 0.168. The van der Waals surface area contributed by atoms with Crippen LogP contribution in [0.25, 0.3) is 0 Å². The highest BCUT2D eigenvalue weighted by atomic mass is 16.1. The van der Waals surface area contributed by atoms with Crippen LogP contribution in [0, 0.1) is 0 Å². The molecule has 5 nitrogen and oxygen atoms in total. The van der Waals surface area contributed by atoms with Gasteiger partial charge >= 0.3 is 5.69 Å². The van der Waals surface area contributed by atoms with E-state index in [0.29, 0.717) is 6.54 Å². The number of fused-ring (bicyclic) bond motifs is 1. The molecule has 1 aliphatic rings. The van der Waals surface area contributed by atoms with Crippen molar-refractivity contribution < 1.29 is 0 Å². The molecule has 1 aromatic carbocycles. The maximum Gasteiger partial charge on any atom is 0.343 e. The number of H-pyrrole nitrogens is 1. The van der Waals surface area contributed by atoms with Crippen molar-refractivity contribution in [2.24, 2.45) is 0 Å². The van der Waals surface area contributed by atoms with Crippen LogP contribution in [0.3, 0.4) is 0 Å². The van der Waals surface area contributed by atoms with Crippen molar-refractivity contribution in [2.75, 3.05) is 0 Å². The first-order valence-electron chi connectivity index (χ1n) is 5.24. The van der Waals surface area contributed by atoms with E-state index in [9.17, 15) is 4.79 Å². The summed E-state index contributed by atoms with van der Waals surface area (Å²) >= 11 is 0. The van der Waals surface area contributed by atoms with Crippen LogP contribution in [-0.2, 0) is 19.6 Å². The van der Waals surface area contributed by atoms with Crippen molar-refractivity contribution in [1.29, 1.82) is 0 Å². The van der Waals surface area contributed by atoms with Crippen LogP contribution in [0.4, 0.5) is 0 Å². The number of benzene rings is 1. The number of nitrogens with zero attached hydrogens (tertiary/aromatic N) is 2. The third-order valence-electron chi connectivity index (χ3n) is 2.87. The normalized spacial score (nSPS) is 14.0. The fourth-order valence-electron chi connectivity index (χ4n) is 2.03. The molecule has 5 heteroatoms. The lowest BCUT2D eigenvalue weighted by Crippen LogP contribution is -2.16. The minimum Gasteiger partial charge on any atom is -0.309 e. The summed E-state index contributed by atoms with van der Waals surface area (Å²) in [6, 6.07) is 6.33.